The van der Waals surface area contributed by atoms with Gasteiger partial charge in [-0.25, -0.2) is 0 Å². The van der Waals surface area contributed by atoms with Crippen molar-refractivity contribution in [3.63, 3.8) is 0 Å². The maximum atomic E-state index is 3.60. The summed E-state index contributed by atoms with van der Waals surface area (Å²) in [6.45, 7) is 6.15. The monoisotopic (exact) mass is 196 g/mol. The van der Waals surface area contributed by atoms with Crippen LogP contribution in [0.4, 0.5) is 0 Å². The highest BCUT2D eigenvalue weighted by molar-refractivity contribution is 4.97. The average molecular weight is 196 g/mol. The Morgan fingerprint density at radius 3 is 2.79 bits per heavy atom. The quantitative estimate of drug-likeness (QED) is 0.688. The van der Waals surface area contributed by atoms with E-state index >= 15 is 0 Å². The SMILES string of the molecule is CCC1N(C)CCCC12CCCNC2. The Hall–Kier alpha value is -0.0800. The van der Waals surface area contributed by atoms with E-state index in [0.29, 0.717) is 5.41 Å². The molecule has 14 heavy (non-hydrogen) atoms. The molecule has 0 aromatic rings. The summed E-state index contributed by atoms with van der Waals surface area (Å²) in [6, 6.07) is 0.823. The molecule has 2 fully saturated rings. The molecule has 2 saturated heterocycles. The number of hydrogen-bond acceptors (Lipinski definition) is 2. The molecule has 0 amide bonds. The Bertz CT molecular complexity index is 179. The maximum absolute atomic E-state index is 3.60. The molecule has 2 heteroatoms. The van der Waals surface area contributed by atoms with Gasteiger partial charge in [-0.2, -0.15) is 0 Å². The zero-order valence-electron chi connectivity index (χ0n) is 9.68. The van der Waals surface area contributed by atoms with Crippen LogP contribution in [0.5, 0.6) is 0 Å². The Labute approximate surface area is 88.1 Å². The number of nitrogens with zero attached hydrogens (tertiary/aromatic N) is 1. The predicted molar refractivity (Wildman–Crippen MR) is 60.5 cm³/mol. The first kappa shape index (κ1) is 10.4. The molecular weight excluding hydrogens is 172 g/mol. The summed E-state index contributed by atoms with van der Waals surface area (Å²) in [4.78, 5) is 2.59. The Morgan fingerprint density at radius 1 is 1.36 bits per heavy atom. The van der Waals surface area contributed by atoms with Crippen molar-refractivity contribution in [2.24, 2.45) is 5.41 Å². The van der Waals surface area contributed by atoms with Crippen molar-refractivity contribution in [1.29, 1.82) is 0 Å². The van der Waals surface area contributed by atoms with Gasteiger partial charge < -0.3 is 10.2 Å². The summed E-state index contributed by atoms with van der Waals surface area (Å²) in [5, 5.41) is 3.60. The lowest BCUT2D eigenvalue weighted by Gasteiger charge is -2.51. The van der Waals surface area contributed by atoms with Gasteiger partial charge in [-0.05, 0) is 57.7 Å². The van der Waals surface area contributed by atoms with Crippen LogP contribution in [0.1, 0.15) is 39.0 Å². The average Bonchev–Trinajstić information content (AvgIpc) is 2.19. The second-order valence-corrected chi connectivity index (χ2v) is 5.15. The number of piperidine rings is 2. The van der Waals surface area contributed by atoms with Crippen LogP contribution >= 0.6 is 0 Å². The fourth-order valence-corrected chi connectivity index (χ4v) is 3.70. The molecule has 1 N–H and O–H groups in total. The minimum Gasteiger partial charge on any atom is -0.316 e. The standard InChI is InChI=1S/C12H24N2/c1-3-11-12(6-4-8-13-10-12)7-5-9-14(11)2/h11,13H,3-10H2,1-2H3. The van der Waals surface area contributed by atoms with E-state index in [2.05, 4.69) is 24.2 Å². The van der Waals surface area contributed by atoms with Crippen LogP contribution in [0.2, 0.25) is 0 Å². The first-order chi connectivity index (χ1) is 6.78. The molecular formula is C12H24N2. The summed E-state index contributed by atoms with van der Waals surface area (Å²) >= 11 is 0. The third-order valence-corrected chi connectivity index (χ3v) is 4.32. The lowest BCUT2D eigenvalue weighted by molar-refractivity contribution is 0.00861. The van der Waals surface area contributed by atoms with Crippen LogP contribution in [0.15, 0.2) is 0 Å². The van der Waals surface area contributed by atoms with Crippen molar-refractivity contribution >= 4 is 0 Å². The number of hydrogen-bond donors (Lipinski definition) is 1. The zero-order valence-corrected chi connectivity index (χ0v) is 9.68. The molecule has 0 bridgehead atoms. The van der Waals surface area contributed by atoms with Gasteiger partial charge in [-0.3, -0.25) is 0 Å². The van der Waals surface area contributed by atoms with Crippen LogP contribution in [-0.4, -0.2) is 37.6 Å². The van der Waals surface area contributed by atoms with Crippen LogP contribution < -0.4 is 5.32 Å². The van der Waals surface area contributed by atoms with Gasteiger partial charge in [0.05, 0.1) is 0 Å². The number of likely N-dealkylation sites (tertiary alicyclic amines) is 1. The summed E-state index contributed by atoms with van der Waals surface area (Å²) in [6.07, 6.45) is 6.99. The van der Waals surface area contributed by atoms with Gasteiger partial charge in [0.1, 0.15) is 0 Å². The van der Waals surface area contributed by atoms with Crippen molar-refractivity contribution in [2.45, 2.75) is 45.1 Å². The van der Waals surface area contributed by atoms with E-state index in [1.807, 2.05) is 0 Å². The summed E-state index contributed by atoms with van der Waals surface area (Å²) < 4.78 is 0. The van der Waals surface area contributed by atoms with Gasteiger partial charge in [-0.15, -0.1) is 0 Å². The normalized spacial score (nSPS) is 40.3. The minimum atomic E-state index is 0.611. The highest BCUT2D eigenvalue weighted by atomic mass is 15.2. The lowest BCUT2D eigenvalue weighted by Crippen LogP contribution is -2.56. The van der Waals surface area contributed by atoms with Gasteiger partial charge in [0.25, 0.3) is 0 Å². The molecule has 1 spiro atoms. The molecule has 0 aromatic heterocycles. The predicted octanol–water partition coefficient (Wildman–Crippen LogP) is 1.86. The molecule has 2 rings (SSSR count). The second-order valence-electron chi connectivity index (χ2n) is 5.15. The van der Waals surface area contributed by atoms with Gasteiger partial charge >= 0.3 is 0 Å². The van der Waals surface area contributed by atoms with Crippen LogP contribution in [0.3, 0.4) is 0 Å². The van der Waals surface area contributed by atoms with Crippen molar-refractivity contribution < 1.29 is 0 Å². The van der Waals surface area contributed by atoms with E-state index in [1.54, 1.807) is 0 Å². The van der Waals surface area contributed by atoms with Gasteiger partial charge in [0.15, 0.2) is 0 Å². The van der Waals surface area contributed by atoms with E-state index in [0.717, 1.165) is 6.04 Å². The van der Waals surface area contributed by atoms with E-state index in [4.69, 9.17) is 0 Å². The Kier molecular flexibility index (Phi) is 3.13. The van der Waals surface area contributed by atoms with Gasteiger partial charge in [0, 0.05) is 12.6 Å². The molecule has 0 aliphatic carbocycles. The van der Waals surface area contributed by atoms with Gasteiger partial charge in [-0.1, -0.05) is 6.92 Å². The first-order valence-electron chi connectivity index (χ1n) is 6.19. The molecule has 0 radical (unpaired) electrons. The van der Waals surface area contributed by atoms with Crippen LogP contribution in [0, 0.1) is 5.41 Å². The Morgan fingerprint density at radius 2 is 2.14 bits per heavy atom. The highest BCUT2D eigenvalue weighted by Gasteiger charge is 2.42. The van der Waals surface area contributed by atoms with Crippen LogP contribution in [0.25, 0.3) is 0 Å². The van der Waals surface area contributed by atoms with Crippen molar-refractivity contribution in [2.75, 3.05) is 26.7 Å². The second kappa shape index (κ2) is 4.19. The zero-order chi connectivity index (χ0) is 10.0. The van der Waals surface area contributed by atoms with E-state index < -0.39 is 0 Å². The fourth-order valence-electron chi connectivity index (χ4n) is 3.70. The molecule has 82 valence electrons. The van der Waals surface area contributed by atoms with E-state index in [9.17, 15) is 0 Å². The van der Waals surface area contributed by atoms with Crippen LogP contribution in [-0.2, 0) is 0 Å². The molecule has 2 unspecified atom stereocenters. The third-order valence-electron chi connectivity index (χ3n) is 4.32. The molecule has 2 nitrogen and oxygen atoms in total. The fraction of sp³-hybridized carbons (Fsp3) is 1.00. The molecule has 2 aliphatic heterocycles. The molecule has 2 atom stereocenters. The molecule has 0 saturated carbocycles. The Balaban J connectivity index is 2.12. The smallest absolute Gasteiger partial charge is 0.0158 e. The van der Waals surface area contributed by atoms with Crippen molar-refractivity contribution in [3.05, 3.63) is 0 Å². The summed E-state index contributed by atoms with van der Waals surface area (Å²) in [5.41, 5.74) is 0.611. The lowest BCUT2D eigenvalue weighted by atomic mass is 9.68. The first-order valence-corrected chi connectivity index (χ1v) is 6.19. The summed E-state index contributed by atoms with van der Waals surface area (Å²) in [7, 11) is 2.31. The number of nitrogens with one attached hydrogen (secondary N) is 1. The number of rotatable bonds is 1. The maximum Gasteiger partial charge on any atom is 0.0158 e. The molecule has 2 aliphatic rings. The van der Waals surface area contributed by atoms with Gasteiger partial charge in [0.2, 0.25) is 0 Å². The molecule has 2 heterocycles. The van der Waals surface area contributed by atoms with Crippen molar-refractivity contribution in [1.82, 2.24) is 10.2 Å². The van der Waals surface area contributed by atoms with E-state index in [-0.39, 0.29) is 0 Å². The largest absolute Gasteiger partial charge is 0.316 e. The summed E-state index contributed by atoms with van der Waals surface area (Å²) in [5.74, 6) is 0. The minimum absolute atomic E-state index is 0.611. The van der Waals surface area contributed by atoms with E-state index in [1.165, 1.54) is 51.7 Å². The molecule has 0 aromatic carbocycles. The topological polar surface area (TPSA) is 15.3 Å². The van der Waals surface area contributed by atoms with Crippen molar-refractivity contribution in [3.8, 4) is 0 Å². The highest BCUT2D eigenvalue weighted by Crippen LogP contribution is 2.41. The third kappa shape index (κ3) is 1.70.